The molecule has 2 aliphatic carbocycles. The highest BCUT2D eigenvalue weighted by atomic mass is 14.3. The molecule has 4 unspecified atom stereocenters. The Morgan fingerprint density at radius 3 is 2.21 bits per heavy atom. The molecular formula is C24H26. The van der Waals surface area contributed by atoms with Crippen LogP contribution in [0, 0.1) is 11.8 Å². The van der Waals surface area contributed by atoms with E-state index in [2.05, 4.69) is 86.7 Å². The van der Waals surface area contributed by atoms with Crippen molar-refractivity contribution in [3.63, 3.8) is 0 Å². The van der Waals surface area contributed by atoms with Crippen molar-refractivity contribution in [2.75, 3.05) is 0 Å². The first kappa shape index (κ1) is 15.4. The van der Waals surface area contributed by atoms with Crippen LogP contribution in [-0.2, 0) is 0 Å². The molecular weight excluding hydrogens is 288 g/mol. The number of hydrogen-bond acceptors (Lipinski definition) is 0. The predicted molar refractivity (Wildman–Crippen MR) is 104 cm³/mol. The first-order valence-electron chi connectivity index (χ1n) is 9.28. The van der Waals surface area contributed by atoms with Gasteiger partial charge in [0.25, 0.3) is 0 Å². The van der Waals surface area contributed by atoms with Gasteiger partial charge in [0.15, 0.2) is 0 Å². The zero-order chi connectivity index (χ0) is 16.5. The Balaban J connectivity index is 1.40. The molecule has 2 aromatic rings. The van der Waals surface area contributed by atoms with Crippen LogP contribution in [-0.4, -0.2) is 0 Å². The Hall–Kier alpha value is -2.08. The van der Waals surface area contributed by atoms with Gasteiger partial charge < -0.3 is 0 Å². The summed E-state index contributed by atoms with van der Waals surface area (Å²) >= 11 is 0. The molecule has 4 atom stereocenters. The molecule has 122 valence electrons. The highest BCUT2D eigenvalue weighted by Crippen LogP contribution is 2.41. The molecule has 0 fully saturated rings. The zero-order valence-corrected chi connectivity index (χ0v) is 14.7. The third kappa shape index (κ3) is 2.75. The van der Waals surface area contributed by atoms with E-state index in [9.17, 15) is 0 Å². The van der Waals surface area contributed by atoms with Crippen LogP contribution in [0.15, 0.2) is 60.7 Å². The minimum Gasteiger partial charge on any atom is -0.0764 e. The number of rotatable bonds is 5. The minimum atomic E-state index is 0.586. The van der Waals surface area contributed by atoms with Crippen LogP contribution in [0.3, 0.4) is 0 Å². The molecule has 0 amide bonds. The molecule has 0 heterocycles. The lowest BCUT2D eigenvalue weighted by Crippen LogP contribution is -2.16. The molecule has 0 radical (unpaired) electrons. The summed E-state index contributed by atoms with van der Waals surface area (Å²) in [6, 6.07) is 17.7. The second-order valence-electron chi connectivity index (χ2n) is 7.52. The lowest BCUT2D eigenvalue weighted by Gasteiger charge is -2.27. The van der Waals surface area contributed by atoms with Crippen molar-refractivity contribution in [2.45, 2.75) is 38.5 Å². The number of hydrogen-bond donors (Lipinski definition) is 0. The maximum absolute atomic E-state index is 2.43. The summed E-state index contributed by atoms with van der Waals surface area (Å²) in [6.07, 6.45) is 12.0. The van der Waals surface area contributed by atoms with E-state index in [-0.39, 0.29) is 0 Å². The fourth-order valence-electron chi connectivity index (χ4n) is 4.37. The van der Waals surface area contributed by atoms with E-state index in [0.717, 1.165) is 5.92 Å². The Kier molecular flexibility index (Phi) is 4.14. The summed E-state index contributed by atoms with van der Waals surface area (Å²) in [6.45, 7) is 4.87. The van der Waals surface area contributed by atoms with Crippen LogP contribution < -0.4 is 0 Å². The van der Waals surface area contributed by atoms with E-state index in [1.807, 2.05) is 0 Å². The third-order valence-electron chi connectivity index (χ3n) is 6.14. The van der Waals surface area contributed by atoms with Crippen LogP contribution >= 0.6 is 0 Å². The van der Waals surface area contributed by atoms with Gasteiger partial charge in [0.2, 0.25) is 0 Å². The topological polar surface area (TPSA) is 0 Å². The molecule has 4 rings (SSSR count). The largest absolute Gasteiger partial charge is 0.0764 e. The fourth-order valence-corrected chi connectivity index (χ4v) is 4.37. The van der Waals surface area contributed by atoms with Crippen LogP contribution in [0.2, 0.25) is 0 Å². The van der Waals surface area contributed by atoms with Crippen molar-refractivity contribution in [1.29, 1.82) is 0 Å². The van der Waals surface area contributed by atoms with Crippen LogP contribution in [0.5, 0.6) is 0 Å². The molecule has 0 N–H and O–H groups in total. The molecule has 2 aromatic carbocycles. The lowest BCUT2D eigenvalue weighted by atomic mass is 9.78. The molecule has 24 heavy (non-hydrogen) atoms. The summed E-state index contributed by atoms with van der Waals surface area (Å²) in [4.78, 5) is 0. The molecule has 0 bridgehead atoms. The maximum atomic E-state index is 2.43. The van der Waals surface area contributed by atoms with Gasteiger partial charge in [-0.1, -0.05) is 86.7 Å². The summed E-state index contributed by atoms with van der Waals surface area (Å²) in [7, 11) is 0. The Bertz CT molecular complexity index is 780. The Morgan fingerprint density at radius 2 is 1.42 bits per heavy atom. The SMILES string of the molecule is CC(CCC1C=Cc2ccccc21)C(C)C1C=Cc2ccccc21. The van der Waals surface area contributed by atoms with Gasteiger partial charge in [-0.2, -0.15) is 0 Å². The van der Waals surface area contributed by atoms with Gasteiger partial charge in [-0.15, -0.1) is 0 Å². The second kappa shape index (κ2) is 6.43. The zero-order valence-electron chi connectivity index (χ0n) is 14.7. The van der Waals surface area contributed by atoms with Gasteiger partial charge in [0, 0.05) is 11.8 Å². The number of allylic oxidation sites excluding steroid dienone is 2. The first-order chi connectivity index (χ1) is 11.7. The molecule has 0 saturated carbocycles. The number of benzene rings is 2. The average Bonchev–Trinajstić information content (AvgIpc) is 3.23. The van der Waals surface area contributed by atoms with Gasteiger partial charge in [0.1, 0.15) is 0 Å². The Labute approximate surface area is 145 Å². The van der Waals surface area contributed by atoms with E-state index in [1.54, 1.807) is 0 Å². The van der Waals surface area contributed by atoms with Crippen molar-refractivity contribution in [3.05, 3.63) is 82.9 Å². The lowest BCUT2D eigenvalue weighted by molar-refractivity contribution is 0.328. The molecule has 0 nitrogen and oxygen atoms in total. The van der Waals surface area contributed by atoms with Crippen molar-refractivity contribution in [3.8, 4) is 0 Å². The molecule has 0 spiro atoms. The molecule has 0 aliphatic heterocycles. The van der Waals surface area contributed by atoms with Gasteiger partial charge in [-0.05, 0) is 46.9 Å². The summed E-state index contributed by atoms with van der Waals surface area (Å²) in [5.41, 5.74) is 5.86. The van der Waals surface area contributed by atoms with Gasteiger partial charge >= 0.3 is 0 Å². The van der Waals surface area contributed by atoms with Crippen LogP contribution in [0.1, 0.15) is 60.8 Å². The predicted octanol–water partition coefficient (Wildman–Crippen LogP) is 6.66. The highest BCUT2D eigenvalue weighted by molar-refractivity contribution is 5.63. The Morgan fingerprint density at radius 1 is 0.792 bits per heavy atom. The molecule has 0 aromatic heterocycles. The van der Waals surface area contributed by atoms with Gasteiger partial charge in [0.05, 0.1) is 0 Å². The van der Waals surface area contributed by atoms with Crippen molar-refractivity contribution < 1.29 is 0 Å². The minimum absolute atomic E-state index is 0.586. The highest BCUT2D eigenvalue weighted by Gasteiger charge is 2.27. The van der Waals surface area contributed by atoms with Crippen LogP contribution in [0.4, 0.5) is 0 Å². The third-order valence-corrected chi connectivity index (χ3v) is 6.14. The normalized spacial score (nSPS) is 23.1. The monoisotopic (exact) mass is 314 g/mol. The molecule has 0 saturated heterocycles. The maximum Gasteiger partial charge on any atom is 0.00554 e. The fraction of sp³-hybridized carbons (Fsp3) is 0.333. The first-order valence-corrected chi connectivity index (χ1v) is 9.28. The standard InChI is InChI=1S/C24H26/c1-17(11-12-21-14-13-19-7-3-5-9-23(19)21)18(2)22-16-15-20-8-4-6-10-24(20)22/h3-10,13-18,21-22H,11-12H2,1-2H3. The van der Waals surface area contributed by atoms with Gasteiger partial charge in [-0.25, -0.2) is 0 Å². The van der Waals surface area contributed by atoms with E-state index in [4.69, 9.17) is 0 Å². The van der Waals surface area contributed by atoms with E-state index in [1.165, 1.54) is 35.1 Å². The van der Waals surface area contributed by atoms with Crippen molar-refractivity contribution in [2.24, 2.45) is 11.8 Å². The number of fused-ring (bicyclic) bond motifs is 2. The molecule has 0 heteroatoms. The average molecular weight is 314 g/mol. The smallest absolute Gasteiger partial charge is 0.00554 e. The van der Waals surface area contributed by atoms with Gasteiger partial charge in [-0.3, -0.25) is 0 Å². The molecule has 2 aliphatic rings. The summed E-state index contributed by atoms with van der Waals surface area (Å²) in [5.74, 6) is 2.61. The summed E-state index contributed by atoms with van der Waals surface area (Å²) < 4.78 is 0. The van der Waals surface area contributed by atoms with E-state index < -0.39 is 0 Å². The quantitative estimate of drug-likeness (QED) is 0.579. The van der Waals surface area contributed by atoms with Crippen LogP contribution in [0.25, 0.3) is 12.2 Å². The van der Waals surface area contributed by atoms with Crippen molar-refractivity contribution in [1.82, 2.24) is 0 Å². The second-order valence-corrected chi connectivity index (χ2v) is 7.52. The van der Waals surface area contributed by atoms with Crippen molar-refractivity contribution >= 4 is 12.2 Å². The summed E-state index contributed by atoms with van der Waals surface area (Å²) in [5, 5.41) is 0. The van der Waals surface area contributed by atoms with E-state index >= 15 is 0 Å². The van der Waals surface area contributed by atoms with E-state index in [0.29, 0.717) is 17.8 Å².